The fourth-order valence-electron chi connectivity index (χ4n) is 2.25. The van der Waals surface area contributed by atoms with Gasteiger partial charge in [0.15, 0.2) is 0 Å². The minimum absolute atomic E-state index is 0.144. The molecule has 6 nitrogen and oxygen atoms in total. The van der Waals surface area contributed by atoms with Gasteiger partial charge in [-0.3, -0.25) is 9.59 Å². The first-order valence-corrected chi connectivity index (χ1v) is 7.88. The van der Waals surface area contributed by atoms with E-state index in [0.29, 0.717) is 27.9 Å². The topological polar surface area (TPSA) is 76.7 Å². The van der Waals surface area contributed by atoms with E-state index < -0.39 is 0 Å². The van der Waals surface area contributed by atoms with Crippen LogP contribution in [0.1, 0.15) is 12.5 Å². The van der Waals surface area contributed by atoms with Crippen LogP contribution in [0, 0.1) is 0 Å². The largest absolute Gasteiger partial charge is 0.495 e. The summed E-state index contributed by atoms with van der Waals surface area (Å²) in [7, 11) is 2.99. The first kappa shape index (κ1) is 18.6. The molecule has 0 unspecified atom stereocenters. The third-order valence-electron chi connectivity index (χ3n) is 3.39. The number of methoxy groups -OCH3 is 2. The molecule has 0 aromatic heterocycles. The summed E-state index contributed by atoms with van der Waals surface area (Å²) >= 11 is 6.05. The summed E-state index contributed by atoms with van der Waals surface area (Å²) in [5, 5.41) is 5.86. The zero-order valence-corrected chi connectivity index (χ0v) is 14.9. The van der Waals surface area contributed by atoms with Crippen LogP contribution in [0.2, 0.25) is 5.02 Å². The van der Waals surface area contributed by atoms with Crippen molar-refractivity contribution in [2.75, 3.05) is 24.9 Å². The van der Waals surface area contributed by atoms with Gasteiger partial charge in [-0.2, -0.15) is 0 Å². The van der Waals surface area contributed by atoms with Gasteiger partial charge in [0.05, 0.1) is 31.4 Å². The third-order valence-corrected chi connectivity index (χ3v) is 3.68. The second kappa shape index (κ2) is 8.39. The Labute approximate surface area is 151 Å². The number of hydrogen-bond acceptors (Lipinski definition) is 4. The number of halogens is 1. The van der Waals surface area contributed by atoms with Gasteiger partial charge in [-0.1, -0.05) is 23.7 Å². The van der Waals surface area contributed by atoms with Crippen molar-refractivity contribution in [3.63, 3.8) is 0 Å². The van der Waals surface area contributed by atoms with Crippen LogP contribution in [-0.4, -0.2) is 26.0 Å². The number of ether oxygens (including phenoxy) is 2. The van der Waals surface area contributed by atoms with Gasteiger partial charge in [0, 0.05) is 24.7 Å². The van der Waals surface area contributed by atoms with E-state index in [-0.39, 0.29) is 18.2 Å². The lowest BCUT2D eigenvalue weighted by molar-refractivity contribution is -0.116. The lowest BCUT2D eigenvalue weighted by Crippen LogP contribution is -2.15. The lowest BCUT2D eigenvalue weighted by Gasteiger charge is -2.13. The van der Waals surface area contributed by atoms with Crippen LogP contribution < -0.4 is 20.1 Å². The summed E-state index contributed by atoms with van der Waals surface area (Å²) in [5.74, 6) is 0.529. The van der Waals surface area contributed by atoms with E-state index in [2.05, 4.69) is 10.6 Å². The quantitative estimate of drug-likeness (QED) is 0.824. The molecular weight excluding hydrogens is 344 g/mol. The van der Waals surface area contributed by atoms with Gasteiger partial charge in [-0.25, -0.2) is 0 Å². The molecule has 2 amide bonds. The van der Waals surface area contributed by atoms with Crippen LogP contribution in [0.15, 0.2) is 36.4 Å². The average Bonchev–Trinajstić information content (AvgIpc) is 2.57. The molecule has 0 aliphatic heterocycles. The number of anilines is 2. The zero-order valence-electron chi connectivity index (χ0n) is 14.2. The number of amides is 2. The maximum atomic E-state index is 12.3. The van der Waals surface area contributed by atoms with E-state index in [9.17, 15) is 9.59 Å². The van der Waals surface area contributed by atoms with E-state index in [1.165, 1.54) is 21.1 Å². The molecule has 0 aliphatic rings. The summed E-state index contributed by atoms with van der Waals surface area (Å²) in [6.45, 7) is 1.44. The van der Waals surface area contributed by atoms with Gasteiger partial charge in [-0.05, 0) is 17.7 Å². The molecule has 0 fully saturated rings. The van der Waals surface area contributed by atoms with E-state index in [4.69, 9.17) is 21.1 Å². The molecule has 0 radical (unpaired) electrons. The van der Waals surface area contributed by atoms with Crippen LogP contribution in [-0.2, 0) is 16.0 Å². The van der Waals surface area contributed by atoms with Gasteiger partial charge in [0.2, 0.25) is 11.8 Å². The molecular formula is C18H19ClN2O4. The molecule has 0 aliphatic carbocycles. The van der Waals surface area contributed by atoms with Gasteiger partial charge in [0.25, 0.3) is 0 Å². The van der Waals surface area contributed by atoms with Crippen molar-refractivity contribution >= 4 is 34.8 Å². The zero-order chi connectivity index (χ0) is 18.4. The number of hydrogen-bond donors (Lipinski definition) is 2. The predicted octanol–water partition coefficient (Wildman–Crippen LogP) is 3.50. The number of rotatable bonds is 6. The maximum Gasteiger partial charge on any atom is 0.228 e. The molecule has 2 N–H and O–H groups in total. The monoisotopic (exact) mass is 362 g/mol. The molecule has 0 atom stereocenters. The van der Waals surface area contributed by atoms with Crippen molar-refractivity contribution in [2.45, 2.75) is 13.3 Å². The number of carbonyl (C=O) groups is 2. The maximum absolute atomic E-state index is 12.3. The normalized spacial score (nSPS) is 10.1. The standard InChI is InChI=1S/C18H19ClN2O4/c1-11(22)20-13-6-4-12(5-7-13)8-18(23)21-15-10-16(24-2)14(19)9-17(15)25-3/h4-7,9-10H,8H2,1-3H3,(H,20,22)(H,21,23). The molecule has 0 heterocycles. The third kappa shape index (κ3) is 5.12. The molecule has 132 valence electrons. The number of nitrogens with one attached hydrogen (secondary N) is 2. The fourth-order valence-corrected chi connectivity index (χ4v) is 2.48. The summed E-state index contributed by atoms with van der Waals surface area (Å²) in [6.07, 6.45) is 0.175. The first-order chi connectivity index (χ1) is 11.9. The van der Waals surface area contributed by atoms with Crippen LogP contribution in [0.3, 0.4) is 0 Å². The minimum atomic E-state index is -0.213. The number of benzene rings is 2. The summed E-state index contributed by atoms with van der Waals surface area (Å²) in [6, 6.07) is 10.2. The van der Waals surface area contributed by atoms with E-state index >= 15 is 0 Å². The van der Waals surface area contributed by atoms with E-state index in [1.54, 1.807) is 36.4 Å². The van der Waals surface area contributed by atoms with Crippen LogP contribution in [0.25, 0.3) is 0 Å². The van der Waals surface area contributed by atoms with E-state index in [0.717, 1.165) is 5.56 Å². The Morgan fingerprint density at radius 3 is 2.20 bits per heavy atom. The second-order valence-corrected chi connectivity index (χ2v) is 5.70. The molecule has 0 bridgehead atoms. The van der Waals surface area contributed by atoms with Crippen molar-refractivity contribution in [1.82, 2.24) is 0 Å². The van der Waals surface area contributed by atoms with Gasteiger partial charge < -0.3 is 20.1 Å². The first-order valence-electron chi connectivity index (χ1n) is 7.51. The van der Waals surface area contributed by atoms with Crippen LogP contribution >= 0.6 is 11.6 Å². The lowest BCUT2D eigenvalue weighted by atomic mass is 10.1. The highest BCUT2D eigenvalue weighted by molar-refractivity contribution is 6.32. The Morgan fingerprint density at radius 2 is 1.64 bits per heavy atom. The number of carbonyl (C=O) groups excluding carboxylic acids is 2. The SMILES string of the molecule is COc1cc(NC(=O)Cc2ccc(NC(C)=O)cc2)c(OC)cc1Cl. The Morgan fingerprint density at radius 1 is 1.00 bits per heavy atom. The molecule has 0 saturated carbocycles. The molecule has 25 heavy (non-hydrogen) atoms. The van der Waals surface area contributed by atoms with Crippen molar-refractivity contribution in [2.24, 2.45) is 0 Å². The van der Waals surface area contributed by atoms with Gasteiger partial charge >= 0.3 is 0 Å². The molecule has 2 rings (SSSR count). The molecule has 0 saturated heterocycles. The molecule has 2 aromatic carbocycles. The van der Waals surface area contributed by atoms with Gasteiger partial charge in [-0.15, -0.1) is 0 Å². The molecule has 0 spiro atoms. The van der Waals surface area contributed by atoms with Crippen LogP contribution in [0.5, 0.6) is 11.5 Å². The predicted molar refractivity (Wildman–Crippen MR) is 97.6 cm³/mol. The van der Waals surface area contributed by atoms with E-state index in [1.807, 2.05) is 0 Å². The average molecular weight is 363 g/mol. The Bertz CT molecular complexity index is 775. The second-order valence-electron chi connectivity index (χ2n) is 5.29. The summed E-state index contributed by atoms with van der Waals surface area (Å²) in [5.41, 5.74) is 1.97. The minimum Gasteiger partial charge on any atom is -0.495 e. The Kier molecular flexibility index (Phi) is 6.25. The fraction of sp³-hybridized carbons (Fsp3) is 0.222. The molecule has 7 heteroatoms. The Balaban J connectivity index is 2.08. The van der Waals surface area contributed by atoms with Crippen molar-refractivity contribution in [3.05, 3.63) is 47.0 Å². The summed E-state index contributed by atoms with van der Waals surface area (Å²) < 4.78 is 10.4. The van der Waals surface area contributed by atoms with Crippen molar-refractivity contribution < 1.29 is 19.1 Å². The van der Waals surface area contributed by atoms with Crippen molar-refractivity contribution in [1.29, 1.82) is 0 Å². The van der Waals surface area contributed by atoms with Crippen molar-refractivity contribution in [3.8, 4) is 11.5 Å². The highest BCUT2D eigenvalue weighted by Crippen LogP contribution is 2.35. The highest BCUT2D eigenvalue weighted by Gasteiger charge is 2.13. The molecule has 2 aromatic rings. The Hall–Kier alpha value is -2.73. The van der Waals surface area contributed by atoms with Crippen LogP contribution in [0.4, 0.5) is 11.4 Å². The smallest absolute Gasteiger partial charge is 0.228 e. The highest BCUT2D eigenvalue weighted by atomic mass is 35.5. The summed E-state index contributed by atoms with van der Waals surface area (Å²) in [4.78, 5) is 23.3. The van der Waals surface area contributed by atoms with Gasteiger partial charge in [0.1, 0.15) is 11.5 Å².